The molecule has 1 aromatic heterocycles. The Balaban J connectivity index is 2.45. The molecular formula is C15H17Cl2N3O2. The number of carbonyl (C=O) groups is 1. The Morgan fingerprint density at radius 1 is 1.27 bits per heavy atom. The summed E-state index contributed by atoms with van der Waals surface area (Å²) in [5, 5.41) is 5.08. The number of benzene rings is 1. The second kappa shape index (κ2) is 5.82. The Kier molecular flexibility index (Phi) is 4.40. The molecule has 2 aromatic rings. The normalized spacial score (nSPS) is 11.5. The van der Waals surface area contributed by atoms with Crippen molar-refractivity contribution in [3.05, 3.63) is 33.9 Å². The van der Waals surface area contributed by atoms with Crippen molar-refractivity contribution in [2.24, 2.45) is 0 Å². The van der Waals surface area contributed by atoms with Crippen molar-refractivity contribution in [1.29, 1.82) is 0 Å². The minimum Gasteiger partial charge on any atom is -0.442 e. The average Bonchev–Trinajstić information content (AvgIpc) is 2.68. The van der Waals surface area contributed by atoms with Crippen LogP contribution in [-0.4, -0.2) is 21.5 Å². The number of nitrogen functional groups attached to an aromatic ring is 1. The molecule has 0 aliphatic rings. The van der Waals surface area contributed by atoms with Crippen molar-refractivity contribution in [2.45, 2.75) is 33.3 Å². The van der Waals surface area contributed by atoms with E-state index >= 15 is 0 Å². The molecule has 22 heavy (non-hydrogen) atoms. The third-order valence-corrected chi connectivity index (χ3v) is 3.66. The maximum absolute atomic E-state index is 12.2. The number of nitrogens with two attached hydrogens (primary N) is 1. The van der Waals surface area contributed by atoms with Gasteiger partial charge in [0.05, 0.1) is 21.4 Å². The van der Waals surface area contributed by atoms with Gasteiger partial charge in [-0.25, -0.2) is 4.79 Å². The number of hydrogen-bond donors (Lipinski definition) is 1. The molecule has 0 unspecified atom stereocenters. The molecule has 0 spiro atoms. The summed E-state index contributed by atoms with van der Waals surface area (Å²) in [6, 6.07) is 5.05. The highest BCUT2D eigenvalue weighted by molar-refractivity contribution is 6.42. The maximum atomic E-state index is 12.2. The third kappa shape index (κ3) is 3.36. The number of rotatable bonds is 1. The highest BCUT2D eigenvalue weighted by Crippen LogP contribution is 2.32. The van der Waals surface area contributed by atoms with Crippen molar-refractivity contribution in [3.63, 3.8) is 0 Å². The Morgan fingerprint density at radius 2 is 1.91 bits per heavy atom. The minimum absolute atomic E-state index is 0.392. The summed E-state index contributed by atoms with van der Waals surface area (Å²) in [6.07, 6.45) is -0.581. The van der Waals surface area contributed by atoms with Crippen LogP contribution in [0.25, 0.3) is 11.3 Å². The Bertz CT molecular complexity index is 733. The molecule has 0 bridgehead atoms. The number of anilines is 1. The van der Waals surface area contributed by atoms with Gasteiger partial charge in [-0.2, -0.15) is 9.78 Å². The van der Waals surface area contributed by atoms with E-state index in [-0.39, 0.29) is 0 Å². The molecule has 0 atom stereocenters. The van der Waals surface area contributed by atoms with Gasteiger partial charge in [-0.1, -0.05) is 29.3 Å². The van der Waals surface area contributed by atoms with Gasteiger partial charge in [0.2, 0.25) is 0 Å². The predicted octanol–water partition coefficient (Wildman–Crippen LogP) is 4.53. The van der Waals surface area contributed by atoms with Gasteiger partial charge in [-0.05, 0) is 39.8 Å². The van der Waals surface area contributed by atoms with Gasteiger partial charge < -0.3 is 10.5 Å². The molecule has 0 aliphatic carbocycles. The van der Waals surface area contributed by atoms with Crippen LogP contribution < -0.4 is 5.73 Å². The van der Waals surface area contributed by atoms with Crippen LogP contribution >= 0.6 is 23.2 Å². The maximum Gasteiger partial charge on any atom is 0.435 e. The van der Waals surface area contributed by atoms with Gasteiger partial charge in [0, 0.05) is 5.56 Å². The van der Waals surface area contributed by atoms with Crippen molar-refractivity contribution < 1.29 is 9.53 Å². The third-order valence-electron chi connectivity index (χ3n) is 2.92. The minimum atomic E-state index is -0.617. The van der Waals surface area contributed by atoms with Crippen LogP contribution in [0.15, 0.2) is 18.2 Å². The van der Waals surface area contributed by atoms with Crippen LogP contribution in [0.4, 0.5) is 10.5 Å². The van der Waals surface area contributed by atoms with Gasteiger partial charge in [-0.3, -0.25) is 0 Å². The quantitative estimate of drug-likeness (QED) is 0.826. The van der Waals surface area contributed by atoms with Gasteiger partial charge in [0.1, 0.15) is 11.3 Å². The summed E-state index contributed by atoms with van der Waals surface area (Å²) in [5.41, 5.74) is 7.48. The van der Waals surface area contributed by atoms with E-state index in [1.54, 1.807) is 45.9 Å². The van der Waals surface area contributed by atoms with Gasteiger partial charge >= 0.3 is 6.09 Å². The van der Waals surface area contributed by atoms with Crippen LogP contribution in [-0.2, 0) is 4.74 Å². The number of carbonyl (C=O) groups excluding carboxylic acids is 1. The summed E-state index contributed by atoms with van der Waals surface area (Å²) in [6.45, 7) is 7.06. The summed E-state index contributed by atoms with van der Waals surface area (Å²) < 4.78 is 6.46. The highest BCUT2D eigenvalue weighted by Gasteiger charge is 2.23. The van der Waals surface area contributed by atoms with E-state index in [0.29, 0.717) is 32.7 Å². The molecule has 5 nitrogen and oxygen atoms in total. The number of hydrogen-bond acceptors (Lipinski definition) is 4. The Hall–Kier alpha value is -1.72. The van der Waals surface area contributed by atoms with Crippen molar-refractivity contribution in [3.8, 4) is 11.3 Å². The number of halogens is 2. The topological polar surface area (TPSA) is 70.1 Å². The monoisotopic (exact) mass is 341 g/mol. The summed E-state index contributed by atoms with van der Waals surface area (Å²) in [5.74, 6) is 0. The molecule has 0 saturated heterocycles. The lowest BCUT2D eigenvalue weighted by atomic mass is 10.1. The van der Waals surface area contributed by atoms with E-state index in [1.807, 2.05) is 0 Å². The van der Waals surface area contributed by atoms with Crippen molar-refractivity contribution >= 4 is 35.0 Å². The Morgan fingerprint density at radius 3 is 2.45 bits per heavy atom. The molecule has 1 aromatic carbocycles. The van der Waals surface area contributed by atoms with Crippen LogP contribution in [0.1, 0.15) is 26.5 Å². The van der Waals surface area contributed by atoms with Gasteiger partial charge in [-0.15, -0.1) is 0 Å². The molecule has 0 fully saturated rings. The molecule has 2 N–H and O–H groups in total. The number of nitrogens with zero attached hydrogens (tertiary/aromatic N) is 2. The van der Waals surface area contributed by atoms with Crippen molar-refractivity contribution in [2.75, 3.05) is 5.73 Å². The lowest BCUT2D eigenvalue weighted by Crippen LogP contribution is -2.28. The fourth-order valence-electron chi connectivity index (χ4n) is 1.85. The number of ether oxygens (including phenoxy) is 1. The van der Waals surface area contributed by atoms with Crippen molar-refractivity contribution in [1.82, 2.24) is 9.78 Å². The lowest BCUT2D eigenvalue weighted by molar-refractivity contribution is 0.0511. The molecule has 7 heteroatoms. The standard InChI is InChI=1S/C15H17Cl2N3O2/c1-8-12(18)13(9-5-6-10(16)11(17)7-9)19-20(8)14(21)22-15(2,3)4/h5-7H,18H2,1-4H3. The van der Waals surface area contributed by atoms with E-state index in [2.05, 4.69) is 5.10 Å². The zero-order valence-electron chi connectivity index (χ0n) is 12.8. The average molecular weight is 342 g/mol. The van der Waals surface area contributed by atoms with E-state index in [4.69, 9.17) is 33.7 Å². The lowest BCUT2D eigenvalue weighted by Gasteiger charge is -2.19. The van der Waals surface area contributed by atoms with E-state index in [1.165, 1.54) is 0 Å². The smallest absolute Gasteiger partial charge is 0.435 e. The molecule has 0 saturated carbocycles. The molecule has 0 radical (unpaired) electrons. The predicted molar refractivity (Wildman–Crippen MR) is 88.5 cm³/mol. The molecule has 118 valence electrons. The van der Waals surface area contributed by atoms with E-state index in [0.717, 1.165) is 4.68 Å². The second-order valence-electron chi connectivity index (χ2n) is 5.87. The second-order valence-corrected chi connectivity index (χ2v) is 6.68. The first-order chi connectivity index (χ1) is 10.1. The first-order valence-corrected chi connectivity index (χ1v) is 7.39. The first-order valence-electron chi connectivity index (χ1n) is 6.64. The molecule has 2 rings (SSSR count). The van der Waals surface area contributed by atoms with E-state index < -0.39 is 11.7 Å². The summed E-state index contributed by atoms with van der Waals surface area (Å²) in [4.78, 5) is 12.2. The molecule has 0 amide bonds. The van der Waals surface area contributed by atoms with Gasteiger partial charge in [0.25, 0.3) is 0 Å². The SMILES string of the molecule is Cc1c(N)c(-c2ccc(Cl)c(Cl)c2)nn1C(=O)OC(C)(C)C. The first kappa shape index (κ1) is 16.6. The largest absolute Gasteiger partial charge is 0.442 e. The molecular weight excluding hydrogens is 325 g/mol. The Labute approximate surface area is 139 Å². The van der Waals surface area contributed by atoms with E-state index in [9.17, 15) is 4.79 Å². The molecule has 0 aliphatic heterocycles. The number of aromatic nitrogens is 2. The van der Waals surface area contributed by atoms with Crippen LogP contribution in [0.2, 0.25) is 10.0 Å². The van der Waals surface area contributed by atoms with Crippen LogP contribution in [0.5, 0.6) is 0 Å². The fraction of sp³-hybridized carbons (Fsp3) is 0.333. The fourth-order valence-corrected chi connectivity index (χ4v) is 2.15. The van der Waals surface area contributed by atoms with Gasteiger partial charge in [0.15, 0.2) is 0 Å². The summed E-state index contributed by atoms with van der Waals surface area (Å²) >= 11 is 11.9. The summed E-state index contributed by atoms with van der Waals surface area (Å²) in [7, 11) is 0. The zero-order chi connectivity index (χ0) is 16.7. The highest BCUT2D eigenvalue weighted by atomic mass is 35.5. The van der Waals surface area contributed by atoms with Crippen LogP contribution in [0, 0.1) is 6.92 Å². The zero-order valence-corrected chi connectivity index (χ0v) is 14.3. The van der Waals surface area contributed by atoms with Crippen LogP contribution in [0.3, 0.4) is 0 Å². The molecule has 1 heterocycles.